The van der Waals surface area contributed by atoms with Crippen LogP contribution in [0.15, 0.2) is 55.1 Å². The van der Waals surface area contributed by atoms with E-state index in [1.54, 1.807) is 31.4 Å². The molecule has 3 rings (SSSR count). The van der Waals surface area contributed by atoms with E-state index in [0.29, 0.717) is 23.7 Å². The lowest BCUT2D eigenvalue weighted by Crippen LogP contribution is -2.21. The van der Waals surface area contributed by atoms with Crippen molar-refractivity contribution in [3.05, 3.63) is 60.7 Å². The topological polar surface area (TPSA) is 50.8 Å². The van der Waals surface area contributed by atoms with Gasteiger partial charge in [-0.3, -0.25) is 4.79 Å². The highest BCUT2D eigenvalue weighted by atomic mass is 16.5. The minimum Gasteiger partial charge on any atom is -0.493 e. The number of hydrogen-bond acceptors (Lipinski definition) is 4. The number of ether oxygens (including phenoxy) is 2. The van der Waals surface area contributed by atoms with Crippen molar-refractivity contribution in [3.8, 4) is 11.5 Å². The van der Waals surface area contributed by atoms with Crippen molar-refractivity contribution in [1.29, 1.82) is 0 Å². The van der Waals surface area contributed by atoms with Crippen molar-refractivity contribution in [2.45, 2.75) is 12.8 Å². The van der Waals surface area contributed by atoms with Gasteiger partial charge in [-0.05, 0) is 43.2 Å². The molecule has 0 atom stereocenters. The third kappa shape index (κ3) is 3.99. The number of para-hydroxylation sites is 2. The second kappa shape index (κ2) is 8.43. The second-order valence-corrected chi connectivity index (χ2v) is 6.13. The first-order valence-electron chi connectivity index (χ1n) is 8.80. The average Bonchev–Trinajstić information content (AvgIpc) is 3.21. The summed E-state index contributed by atoms with van der Waals surface area (Å²) in [6.07, 6.45) is 4.03. The predicted octanol–water partition coefficient (Wildman–Crippen LogP) is 4.11. The molecule has 1 saturated heterocycles. The van der Waals surface area contributed by atoms with Crippen molar-refractivity contribution in [1.82, 2.24) is 0 Å². The summed E-state index contributed by atoms with van der Waals surface area (Å²) in [6.45, 7) is 6.06. The summed E-state index contributed by atoms with van der Waals surface area (Å²) in [5.41, 5.74) is 2.41. The number of anilines is 2. The molecular formula is C21H24N2O3. The van der Waals surface area contributed by atoms with Gasteiger partial charge in [0.2, 0.25) is 0 Å². The summed E-state index contributed by atoms with van der Waals surface area (Å²) < 4.78 is 10.9. The molecule has 26 heavy (non-hydrogen) atoms. The molecular weight excluding hydrogens is 328 g/mol. The molecule has 0 bridgehead atoms. The lowest BCUT2D eigenvalue weighted by Gasteiger charge is -2.21. The molecule has 1 aliphatic heterocycles. The Kier molecular flexibility index (Phi) is 5.79. The van der Waals surface area contributed by atoms with Crippen LogP contribution in [0.1, 0.15) is 23.2 Å². The van der Waals surface area contributed by atoms with Crippen LogP contribution < -0.4 is 19.7 Å². The Bertz CT molecular complexity index is 783. The smallest absolute Gasteiger partial charge is 0.255 e. The van der Waals surface area contributed by atoms with E-state index in [4.69, 9.17) is 9.47 Å². The van der Waals surface area contributed by atoms with E-state index in [-0.39, 0.29) is 5.91 Å². The molecule has 5 nitrogen and oxygen atoms in total. The summed E-state index contributed by atoms with van der Waals surface area (Å²) in [5, 5.41) is 3.02. The number of nitrogens with one attached hydrogen (secondary N) is 1. The zero-order chi connectivity index (χ0) is 18.4. The van der Waals surface area contributed by atoms with E-state index in [1.807, 2.05) is 24.3 Å². The number of benzene rings is 2. The molecule has 136 valence electrons. The molecule has 1 heterocycles. The van der Waals surface area contributed by atoms with E-state index in [9.17, 15) is 4.79 Å². The van der Waals surface area contributed by atoms with Crippen LogP contribution in [-0.4, -0.2) is 32.7 Å². The first-order valence-corrected chi connectivity index (χ1v) is 8.80. The van der Waals surface area contributed by atoms with Crippen molar-refractivity contribution in [2.24, 2.45) is 0 Å². The Morgan fingerprint density at radius 3 is 2.69 bits per heavy atom. The van der Waals surface area contributed by atoms with E-state index in [1.165, 1.54) is 12.8 Å². The van der Waals surface area contributed by atoms with Gasteiger partial charge in [0.25, 0.3) is 5.91 Å². The number of methoxy groups -OCH3 is 1. The number of rotatable bonds is 7. The predicted molar refractivity (Wildman–Crippen MR) is 105 cm³/mol. The van der Waals surface area contributed by atoms with E-state index >= 15 is 0 Å². The fourth-order valence-corrected chi connectivity index (χ4v) is 3.08. The molecule has 1 fully saturated rings. The molecule has 0 saturated carbocycles. The normalized spacial score (nSPS) is 13.3. The first-order chi connectivity index (χ1) is 12.7. The van der Waals surface area contributed by atoms with Gasteiger partial charge in [-0.1, -0.05) is 24.8 Å². The molecule has 0 aliphatic carbocycles. The molecule has 1 N–H and O–H groups in total. The number of amides is 1. The van der Waals surface area contributed by atoms with Crippen LogP contribution in [-0.2, 0) is 0 Å². The van der Waals surface area contributed by atoms with Gasteiger partial charge in [0.15, 0.2) is 11.5 Å². The van der Waals surface area contributed by atoms with E-state index in [2.05, 4.69) is 16.8 Å². The van der Waals surface area contributed by atoms with Crippen LogP contribution in [0.25, 0.3) is 0 Å². The maximum Gasteiger partial charge on any atom is 0.255 e. The van der Waals surface area contributed by atoms with Crippen molar-refractivity contribution >= 4 is 17.3 Å². The highest BCUT2D eigenvalue weighted by Gasteiger charge is 2.17. The van der Waals surface area contributed by atoms with Gasteiger partial charge < -0.3 is 19.7 Å². The Morgan fingerprint density at radius 1 is 1.19 bits per heavy atom. The van der Waals surface area contributed by atoms with Crippen LogP contribution in [0.5, 0.6) is 11.5 Å². The summed E-state index contributed by atoms with van der Waals surface area (Å²) >= 11 is 0. The molecule has 2 aromatic carbocycles. The Morgan fingerprint density at radius 2 is 1.96 bits per heavy atom. The molecule has 0 unspecified atom stereocenters. The standard InChI is InChI=1S/C21H24N2O3/c1-3-14-26-19-11-10-16(15-20(19)25-2)21(24)22-17-8-4-5-9-18(17)23-12-6-7-13-23/h3-5,8-11,15H,1,6-7,12-14H2,2H3,(H,22,24). The molecule has 1 amide bonds. The minimum atomic E-state index is -0.176. The Labute approximate surface area is 154 Å². The van der Waals surface area contributed by atoms with Crippen LogP contribution in [0.2, 0.25) is 0 Å². The first kappa shape index (κ1) is 17.9. The number of carbonyl (C=O) groups excluding carboxylic acids is 1. The lowest BCUT2D eigenvalue weighted by molar-refractivity contribution is 0.102. The maximum absolute atomic E-state index is 12.7. The van der Waals surface area contributed by atoms with Crippen LogP contribution >= 0.6 is 0 Å². The second-order valence-electron chi connectivity index (χ2n) is 6.13. The van der Waals surface area contributed by atoms with Crippen LogP contribution in [0.3, 0.4) is 0 Å². The average molecular weight is 352 g/mol. The number of hydrogen-bond donors (Lipinski definition) is 1. The lowest BCUT2D eigenvalue weighted by atomic mass is 10.1. The Hall–Kier alpha value is -2.95. The van der Waals surface area contributed by atoms with Gasteiger partial charge >= 0.3 is 0 Å². The zero-order valence-corrected chi connectivity index (χ0v) is 15.0. The maximum atomic E-state index is 12.7. The van der Waals surface area contributed by atoms with Crippen molar-refractivity contribution < 1.29 is 14.3 Å². The van der Waals surface area contributed by atoms with E-state index in [0.717, 1.165) is 24.5 Å². The largest absolute Gasteiger partial charge is 0.493 e. The number of nitrogens with zero attached hydrogens (tertiary/aromatic N) is 1. The fraction of sp³-hybridized carbons (Fsp3) is 0.286. The molecule has 5 heteroatoms. The quantitative estimate of drug-likeness (QED) is 0.762. The third-order valence-corrected chi connectivity index (χ3v) is 4.38. The molecule has 0 aromatic heterocycles. The van der Waals surface area contributed by atoms with Gasteiger partial charge in [-0.25, -0.2) is 0 Å². The summed E-state index contributed by atoms with van der Waals surface area (Å²) in [7, 11) is 1.56. The molecule has 0 radical (unpaired) electrons. The van der Waals surface area contributed by atoms with Crippen LogP contribution in [0, 0.1) is 0 Å². The third-order valence-electron chi connectivity index (χ3n) is 4.38. The van der Waals surface area contributed by atoms with Crippen molar-refractivity contribution in [3.63, 3.8) is 0 Å². The van der Waals surface area contributed by atoms with Gasteiger partial charge in [0, 0.05) is 18.7 Å². The molecule has 1 aliphatic rings. The van der Waals surface area contributed by atoms with Gasteiger partial charge in [0.1, 0.15) is 6.61 Å². The van der Waals surface area contributed by atoms with Crippen molar-refractivity contribution in [2.75, 3.05) is 37.0 Å². The summed E-state index contributed by atoms with van der Waals surface area (Å²) in [6, 6.07) is 13.1. The molecule has 0 spiro atoms. The van der Waals surface area contributed by atoms with Gasteiger partial charge in [-0.2, -0.15) is 0 Å². The monoisotopic (exact) mass is 352 g/mol. The summed E-state index contributed by atoms with van der Waals surface area (Å²) in [5.74, 6) is 0.930. The highest BCUT2D eigenvalue weighted by Crippen LogP contribution is 2.31. The highest BCUT2D eigenvalue weighted by molar-refractivity contribution is 6.06. The zero-order valence-electron chi connectivity index (χ0n) is 15.0. The SMILES string of the molecule is C=CCOc1ccc(C(=O)Nc2ccccc2N2CCCC2)cc1OC. The minimum absolute atomic E-state index is 0.176. The fourth-order valence-electron chi connectivity index (χ4n) is 3.08. The Balaban J connectivity index is 1.79. The molecule has 2 aromatic rings. The van der Waals surface area contributed by atoms with E-state index < -0.39 is 0 Å². The van der Waals surface area contributed by atoms with Gasteiger partial charge in [0.05, 0.1) is 18.5 Å². The van der Waals surface area contributed by atoms with Crippen LogP contribution in [0.4, 0.5) is 11.4 Å². The summed E-state index contributed by atoms with van der Waals surface area (Å²) in [4.78, 5) is 15.0. The van der Waals surface area contributed by atoms with Gasteiger partial charge in [-0.15, -0.1) is 0 Å². The number of carbonyl (C=O) groups is 1.